The highest BCUT2D eigenvalue weighted by Gasteiger charge is 2.17. The molecule has 1 N–H and O–H groups in total. The first-order chi connectivity index (χ1) is 12.7. The van der Waals surface area contributed by atoms with E-state index in [1.165, 1.54) is 0 Å². The summed E-state index contributed by atoms with van der Waals surface area (Å²) in [6.45, 7) is 2.48. The predicted octanol–water partition coefficient (Wildman–Crippen LogP) is 3.90. The Balaban J connectivity index is 1.72. The second-order valence-corrected chi connectivity index (χ2v) is 5.54. The molecule has 1 aromatic heterocycles. The van der Waals surface area contributed by atoms with Crippen molar-refractivity contribution in [1.29, 1.82) is 0 Å². The van der Waals surface area contributed by atoms with E-state index in [4.69, 9.17) is 4.74 Å². The summed E-state index contributed by atoms with van der Waals surface area (Å²) in [6.07, 6.45) is 0. The highest BCUT2D eigenvalue weighted by Crippen LogP contribution is 2.19. The summed E-state index contributed by atoms with van der Waals surface area (Å²) in [5.41, 5.74) is 2.00. The zero-order valence-corrected chi connectivity index (χ0v) is 14.7. The zero-order valence-electron chi connectivity index (χ0n) is 14.7. The molecule has 6 heteroatoms. The topological polar surface area (TPSA) is 67.4 Å². The van der Waals surface area contributed by atoms with E-state index >= 15 is 0 Å². The van der Waals surface area contributed by atoms with E-state index in [2.05, 4.69) is 15.5 Å². The molecule has 0 spiro atoms. The molecule has 0 aliphatic rings. The van der Waals surface area contributed by atoms with Gasteiger partial charge in [-0.2, -0.15) is 0 Å². The molecule has 6 nitrogen and oxygen atoms in total. The minimum atomic E-state index is -0.179. The normalized spacial score (nSPS) is 10.2. The van der Waals surface area contributed by atoms with Gasteiger partial charge in [0.05, 0.1) is 7.11 Å². The van der Waals surface area contributed by atoms with Gasteiger partial charge in [0, 0.05) is 17.9 Å². The van der Waals surface area contributed by atoms with Crippen molar-refractivity contribution in [3.05, 3.63) is 72.4 Å². The van der Waals surface area contributed by atoms with Crippen LogP contribution in [0.5, 0.6) is 5.75 Å². The number of methoxy groups -OCH3 is 1. The number of amides is 1. The Kier molecular flexibility index (Phi) is 5.43. The molecule has 26 heavy (non-hydrogen) atoms. The SMILES string of the molecule is CCN(C(=O)c1ccc(Nc2ccc(OC)cc2)nn1)c1ccccc1. The minimum Gasteiger partial charge on any atom is -0.497 e. The van der Waals surface area contributed by atoms with Gasteiger partial charge >= 0.3 is 0 Å². The van der Waals surface area contributed by atoms with Gasteiger partial charge in [-0.05, 0) is 55.5 Å². The van der Waals surface area contributed by atoms with Crippen LogP contribution < -0.4 is 15.0 Å². The first kappa shape index (κ1) is 17.4. The highest BCUT2D eigenvalue weighted by molar-refractivity contribution is 6.04. The number of nitrogens with one attached hydrogen (secondary N) is 1. The Morgan fingerprint density at radius 1 is 1.00 bits per heavy atom. The monoisotopic (exact) mass is 348 g/mol. The van der Waals surface area contributed by atoms with E-state index in [-0.39, 0.29) is 5.91 Å². The van der Waals surface area contributed by atoms with Crippen molar-refractivity contribution < 1.29 is 9.53 Å². The van der Waals surface area contributed by atoms with Gasteiger partial charge < -0.3 is 15.0 Å². The molecule has 0 fully saturated rings. The Morgan fingerprint density at radius 2 is 1.73 bits per heavy atom. The largest absolute Gasteiger partial charge is 0.497 e. The van der Waals surface area contributed by atoms with Gasteiger partial charge in [0.1, 0.15) is 5.75 Å². The summed E-state index contributed by atoms with van der Waals surface area (Å²) in [6, 6.07) is 20.4. The quantitative estimate of drug-likeness (QED) is 0.732. The van der Waals surface area contributed by atoms with Gasteiger partial charge in [0.15, 0.2) is 11.5 Å². The molecule has 3 rings (SSSR count). The van der Waals surface area contributed by atoms with Crippen LogP contribution in [0, 0.1) is 0 Å². The van der Waals surface area contributed by atoms with Crippen LogP contribution in [0.3, 0.4) is 0 Å². The molecule has 0 saturated carbocycles. The lowest BCUT2D eigenvalue weighted by atomic mass is 10.2. The average Bonchev–Trinajstić information content (AvgIpc) is 2.70. The molecule has 2 aromatic carbocycles. The second-order valence-electron chi connectivity index (χ2n) is 5.54. The van der Waals surface area contributed by atoms with Gasteiger partial charge in [-0.3, -0.25) is 4.79 Å². The van der Waals surface area contributed by atoms with Crippen LogP contribution in [-0.2, 0) is 0 Å². The van der Waals surface area contributed by atoms with Crippen LogP contribution in [0.25, 0.3) is 0 Å². The number of carbonyl (C=O) groups is 1. The number of anilines is 3. The maximum atomic E-state index is 12.7. The lowest BCUT2D eigenvalue weighted by Crippen LogP contribution is -2.31. The van der Waals surface area contributed by atoms with Crippen molar-refractivity contribution in [2.45, 2.75) is 6.92 Å². The molecule has 132 valence electrons. The second kappa shape index (κ2) is 8.11. The van der Waals surface area contributed by atoms with Crippen LogP contribution in [0.4, 0.5) is 17.2 Å². The van der Waals surface area contributed by atoms with Crippen LogP contribution in [0.1, 0.15) is 17.4 Å². The summed E-state index contributed by atoms with van der Waals surface area (Å²) in [4.78, 5) is 14.4. The van der Waals surface area contributed by atoms with E-state index < -0.39 is 0 Å². The van der Waals surface area contributed by atoms with Crippen LogP contribution in [-0.4, -0.2) is 29.8 Å². The van der Waals surface area contributed by atoms with E-state index in [0.29, 0.717) is 18.1 Å². The van der Waals surface area contributed by atoms with E-state index in [0.717, 1.165) is 17.1 Å². The molecule has 1 heterocycles. The standard InChI is InChI=1S/C20H20N4O2/c1-3-24(16-7-5-4-6-8-16)20(25)18-13-14-19(23-22-18)21-15-9-11-17(26-2)12-10-15/h4-14H,3H2,1-2H3,(H,21,23). The third-order valence-electron chi connectivity index (χ3n) is 3.88. The maximum Gasteiger partial charge on any atom is 0.278 e. The summed E-state index contributed by atoms with van der Waals surface area (Å²) in [7, 11) is 1.62. The molecule has 0 radical (unpaired) electrons. The number of hydrogen-bond donors (Lipinski definition) is 1. The Morgan fingerprint density at radius 3 is 2.31 bits per heavy atom. The van der Waals surface area contributed by atoms with E-state index in [9.17, 15) is 4.79 Å². The highest BCUT2D eigenvalue weighted by atomic mass is 16.5. The number of hydrogen-bond acceptors (Lipinski definition) is 5. The van der Waals surface area contributed by atoms with Gasteiger partial charge in [-0.15, -0.1) is 10.2 Å². The number of para-hydroxylation sites is 1. The van der Waals surface area contributed by atoms with Crippen LogP contribution >= 0.6 is 0 Å². The fourth-order valence-electron chi connectivity index (χ4n) is 2.52. The Bertz CT molecular complexity index is 849. The maximum absolute atomic E-state index is 12.7. The number of rotatable bonds is 6. The number of aromatic nitrogens is 2. The van der Waals surface area contributed by atoms with Gasteiger partial charge in [-0.1, -0.05) is 18.2 Å². The fraction of sp³-hybridized carbons (Fsp3) is 0.150. The molecular weight excluding hydrogens is 328 g/mol. The molecule has 0 bridgehead atoms. The first-order valence-electron chi connectivity index (χ1n) is 8.33. The fourth-order valence-corrected chi connectivity index (χ4v) is 2.52. The van der Waals surface area contributed by atoms with E-state index in [1.807, 2.05) is 61.5 Å². The summed E-state index contributed by atoms with van der Waals surface area (Å²) < 4.78 is 5.13. The Hall–Kier alpha value is -3.41. The molecule has 1 amide bonds. The number of ether oxygens (including phenoxy) is 1. The third-order valence-corrected chi connectivity index (χ3v) is 3.88. The molecule has 0 atom stereocenters. The van der Waals surface area contributed by atoms with E-state index in [1.54, 1.807) is 24.1 Å². The predicted molar refractivity (Wildman–Crippen MR) is 102 cm³/mol. The zero-order chi connectivity index (χ0) is 18.4. The average molecular weight is 348 g/mol. The van der Waals surface area contributed by atoms with Crippen molar-refractivity contribution in [3.8, 4) is 5.75 Å². The van der Waals surface area contributed by atoms with Crippen molar-refractivity contribution in [2.75, 3.05) is 23.9 Å². The van der Waals surface area contributed by atoms with Gasteiger partial charge in [0.25, 0.3) is 5.91 Å². The van der Waals surface area contributed by atoms with Gasteiger partial charge in [-0.25, -0.2) is 0 Å². The first-order valence-corrected chi connectivity index (χ1v) is 8.33. The smallest absolute Gasteiger partial charge is 0.278 e. The molecule has 0 aliphatic carbocycles. The van der Waals surface area contributed by atoms with Crippen LogP contribution in [0.15, 0.2) is 66.7 Å². The summed E-state index contributed by atoms with van der Waals surface area (Å²) in [5, 5.41) is 11.3. The summed E-state index contributed by atoms with van der Waals surface area (Å²) >= 11 is 0. The van der Waals surface area contributed by atoms with Crippen molar-refractivity contribution >= 4 is 23.1 Å². The van der Waals surface area contributed by atoms with Crippen molar-refractivity contribution in [2.24, 2.45) is 0 Å². The summed E-state index contributed by atoms with van der Waals surface area (Å²) in [5.74, 6) is 1.17. The number of carbonyl (C=O) groups excluding carboxylic acids is 1. The molecule has 0 unspecified atom stereocenters. The number of nitrogens with zero attached hydrogens (tertiary/aromatic N) is 3. The Labute approximate surface area is 152 Å². The third kappa shape index (κ3) is 3.97. The lowest BCUT2D eigenvalue weighted by molar-refractivity contribution is 0.0982. The molecular formula is C20H20N4O2. The molecule has 0 saturated heterocycles. The number of benzene rings is 2. The van der Waals surface area contributed by atoms with Crippen molar-refractivity contribution in [1.82, 2.24) is 10.2 Å². The van der Waals surface area contributed by atoms with Crippen LogP contribution in [0.2, 0.25) is 0 Å². The van der Waals surface area contributed by atoms with Crippen molar-refractivity contribution in [3.63, 3.8) is 0 Å². The molecule has 0 aliphatic heterocycles. The minimum absolute atomic E-state index is 0.179. The van der Waals surface area contributed by atoms with Gasteiger partial charge in [0.2, 0.25) is 0 Å². The lowest BCUT2D eigenvalue weighted by Gasteiger charge is -2.20. The molecule has 3 aromatic rings.